The maximum absolute atomic E-state index is 4.20. The van der Waals surface area contributed by atoms with Crippen LogP contribution >= 0.6 is 11.8 Å². The second-order valence-electron chi connectivity index (χ2n) is 2.12. The predicted molar refractivity (Wildman–Crippen MR) is 44.8 cm³/mol. The normalized spacial score (nSPS) is 10.6. The zero-order valence-corrected chi connectivity index (χ0v) is 6.88. The van der Waals surface area contributed by atoms with Crippen LogP contribution in [0, 0.1) is 0 Å². The van der Waals surface area contributed by atoms with E-state index in [1.165, 1.54) is 0 Å². The lowest BCUT2D eigenvalue weighted by Gasteiger charge is -1.91. The van der Waals surface area contributed by atoms with Crippen molar-refractivity contribution in [1.29, 1.82) is 0 Å². The Labute approximate surface area is 68.5 Å². The summed E-state index contributed by atoms with van der Waals surface area (Å²) in [5.74, 6) is 0. The van der Waals surface area contributed by atoms with Crippen LogP contribution in [-0.4, -0.2) is 20.6 Å². The third kappa shape index (κ3) is 0.991. The minimum Gasteiger partial charge on any atom is -0.302 e. The summed E-state index contributed by atoms with van der Waals surface area (Å²) < 4.78 is 1.96. The lowest BCUT2D eigenvalue weighted by molar-refractivity contribution is 1.11. The van der Waals surface area contributed by atoms with E-state index in [9.17, 15) is 0 Å². The summed E-state index contributed by atoms with van der Waals surface area (Å²) in [7, 11) is 0. The fourth-order valence-electron chi connectivity index (χ4n) is 0.975. The molecule has 0 atom stereocenters. The van der Waals surface area contributed by atoms with E-state index in [1.54, 1.807) is 24.3 Å². The van der Waals surface area contributed by atoms with Crippen LogP contribution in [0.4, 0.5) is 0 Å². The molecule has 2 rings (SSSR count). The highest BCUT2D eigenvalue weighted by Crippen LogP contribution is 2.17. The number of hydrogen-bond acceptors (Lipinski definition) is 3. The number of imidazole rings is 1. The molecular formula is C7H7N3S. The van der Waals surface area contributed by atoms with Crippen LogP contribution in [0.3, 0.4) is 0 Å². The number of fused-ring (bicyclic) bond motifs is 1. The van der Waals surface area contributed by atoms with Gasteiger partial charge in [0.1, 0.15) is 11.4 Å². The summed E-state index contributed by atoms with van der Waals surface area (Å²) in [6.07, 6.45) is 9.26. The van der Waals surface area contributed by atoms with E-state index >= 15 is 0 Å². The van der Waals surface area contributed by atoms with Crippen LogP contribution in [-0.2, 0) is 0 Å². The molecule has 0 spiro atoms. The monoisotopic (exact) mass is 165 g/mol. The molecule has 0 aliphatic heterocycles. The topological polar surface area (TPSA) is 30.2 Å². The maximum atomic E-state index is 4.20. The molecule has 2 aromatic rings. The Morgan fingerprint density at radius 1 is 1.55 bits per heavy atom. The van der Waals surface area contributed by atoms with Gasteiger partial charge in [-0.15, -0.1) is 11.8 Å². The Morgan fingerprint density at radius 2 is 2.45 bits per heavy atom. The van der Waals surface area contributed by atoms with Gasteiger partial charge in [-0.3, -0.25) is 4.98 Å². The van der Waals surface area contributed by atoms with Crippen LogP contribution in [0.2, 0.25) is 0 Å². The fraction of sp³-hybridized carbons (Fsp3) is 0.143. The van der Waals surface area contributed by atoms with Gasteiger partial charge in [0.25, 0.3) is 0 Å². The van der Waals surface area contributed by atoms with Gasteiger partial charge in [-0.2, -0.15) is 0 Å². The number of aromatic nitrogens is 3. The van der Waals surface area contributed by atoms with Gasteiger partial charge in [-0.25, -0.2) is 4.98 Å². The molecule has 56 valence electrons. The smallest absolute Gasteiger partial charge is 0.123 e. The van der Waals surface area contributed by atoms with E-state index in [2.05, 4.69) is 9.97 Å². The highest BCUT2D eigenvalue weighted by Gasteiger charge is 1.99. The van der Waals surface area contributed by atoms with Crippen LogP contribution in [0.25, 0.3) is 5.52 Å². The van der Waals surface area contributed by atoms with Gasteiger partial charge in [-0.05, 0) is 6.26 Å². The van der Waals surface area contributed by atoms with Crippen molar-refractivity contribution in [2.75, 3.05) is 6.26 Å². The molecule has 4 heteroatoms. The van der Waals surface area contributed by atoms with Crippen molar-refractivity contribution in [3.63, 3.8) is 0 Å². The summed E-state index contributed by atoms with van der Waals surface area (Å²) in [6, 6.07) is 0. The lowest BCUT2D eigenvalue weighted by atomic mass is 10.6. The van der Waals surface area contributed by atoms with Gasteiger partial charge < -0.3 is 4.40 Å². The third-order valence-corrected chi connectivity index (χ3v) is 2.20. The number of thioether (sulfide) groups is 1. The van der Waals surface area contributed by atoms with E-state index in [-0.39, 0.29) is 0 Å². The van der Waals surface area contributed by atoms with Crippen molar-refractivity contribution in [2.45, 2.75) is 5.03 Å². The number of nitrogens with zero attached hydrogens (tertiary/aromatic N) is 3. The Hall–Kier alpha value is -1.03. The van der Waals surface area contributed by atoms with E-state index in [1.807, 2.05) is 23.1 Å². The second-order valence-corrected chi connectivity index (χ2v) is 2.92. The first-order valence-corrected chi connectivity index (χ1v) is 4.45. The number of hydrogen-bond donors (Lipinski definition) is 0. The van der Waals surface area contributed by atoms with E-state index in [4.69, 9.17) is 0 Å². The molecule has 0 bridgehead atoms. The Balaban J connectivity index is 2.76. The van der Waals surface area contributed by atoms with E-state index < -0.39 is 0 Å². The highest BCUT2D eigenvalue weighted by atomic mass is 32.2. The van der Waals surface area contributed by atoms with Crippen molar-refractivity contribution in [3.8, 4) is 0 Å². The van der Waals surface area contributed by atoms with Gasteiger partial charge in [0.15, 0.2) is 0 Å². The summed E-state index contributed by atoms with van der Waals surface area (Å²) in [4.78, 5) is 8.22. The van der Waals surface area contributed by atoms with Crippen molar-refractivity contribution in [3.05, 3.63) is 24.9 Å². The van der Waals surface area contributed by atoms with Gasteiger partial charge >= 0.3 is 0 Å². The Morgan fingerprint density at radius 3 is 3.27 bits per heavy atom. The maximum Gasteiger partial charge on any atom is 0.123 e. The molecular weight excluding hydrogens is 158 g/mol. The molecule has 0 aliphatic rings. The third-order valence-electron chi connectivity index (χ3n) is 1.50. The van der Waals surface area contributed by atoms with Crippen LogP contribution in [0.1, 0.15) is 0 Å². The molecule has 0 saturated heterocycles. The predicted octanol–water partition coefficient (Wildman–Crippen LogP) is 1.45. The Kier molecular flexibility index (Phi) is 1.54. The van der Waals surface area contributed by atoms with Gasteiger partial charge in [0.05, 0.1) is 11.7 Å². The minimum atomic E-state index is 1.03. The molecule has 0 unspecified atom stereocenters. The largest absolute Gasteiger partial charge is 0.302 e. The fourth-order valence-corrected chi connectivity index (χ4v) is 1.50. The van der Waals surface area contributed by atoms with Crippen molar-refractivity contribution in [1.82, 2.24) is 14.4 Å². The van der Waals surface area contributed by atoms with Crippen LogP contribution < -0.4 is 0 Å². The molecule has 0 saturated carbocycles. The molecule has 11 heavy (non-hydrogen) atoms. The van der Waals surface area contributed by atoms with Gasteiger partial charge in [0.2, 0.25) is 0 Å². The SMILES string of the molecule is CSc1ncn2ccncc12. The zero-order valence-electron chi connectivity index (χ0n) is 6.06. The quantitative estimate of drug-likeness (QED) is 0.599. The first kappa shape index (κ1) is 6.67. The molecule has 0 amide bonds. The van der Waals surface area contributed by atoms with Crippen LogP contribution in [0.15, 0.2) is 29.9 Å². The molecule has 3 nitrogen and oxygen atoms in total. The number of rotatable bonds is 1. The Bertz CT molecular complexity index is 368. The van der Waals surface area contributed by atoms with Gasteiger partial charge in [0, 0.05) is 12.4 Å². The van der Waals surface area contributed by atoms with Crippen molar-refractivity contribution < 1.29 is 0 Å². The summed E-state index contributed by atoms with van der Waals surface area (Å²) >= 11 is 1.63. The summed E-state index contributed by atoms with van der Waals surface area (Å²) in [5.41, 5.74) is 1.07. The first-order chi connectivity index (χ1) is 5.42. The second kappa shape index (κ2) is 2.54. The van der Waals surface area contributed by atoms with Crippen molar-refractivity contribution >= 4 is 17.3 Å². The average molecular weight is 165 g/mol. The highest BCUT2D eigenvalue weighted by molar-refractivity contribution is 7.98. The molecule has 2 aromatic heterocycles. The average Bonchev–Trinajstić information content (AvgIpc) is 2.47. The molecule has 0 aromatic carbocycles. The molecule has 0 N–H and O–H groups in total. The minimum absolute atomic E-state index is 1.03. The van der Waals surface area contributed by atoms with Gasteiger partial charge in [-0.1, -0.05) is 0 Å². The van der Waals surface area contributed by atoms with Crippen LogP contribution in [0.5, 0.6) is 0 Å². The summed E-state index contributed by atoms with van der Waals surface area (Å²) in [6.45, 7) is 0. The molecule has 0 radical (unpaired) electrons. The van der Waals surface area contributed by atoms with Crippen molar-refractivity contribution in [2.24, 2.45) is 0 Å². The zero-order chi connectivity index (χ0) is 7.68. The summed E-state index contributed by atoms with van der Waals surface area (Å²) in [5, 5.41) is 1.03. The van der Waals surface area contributed by atoms with E-state index in [0.717, 1.165) is 10.5 Å². The molecule has 2 heterocycles. The van der Waals surface area contributed by atoms with E-state index in [0.29, 0.717) is 0 Å². The first-order valence-electron chi connectivity index (χ1n) is 3.22. The molecule has 0 fully saturated rings. The molecule has 0 aliphatic carbocycles. The standard InChI is InChI=1S/C7H7N3S/c1-11-7-6-4-8-2-3-10(6)5-9-7/h2-5H,1H3. The lowest BCUT2D eigenvalue weighted by Crippen LogP contribution is -1.81.